The van der Waals surface area contributed by atoms with Crippen molar-refractivity contribution in [2.75, 3.05) is 82.0 Å². The summed E-state index contributed by atoms with van der Waals surface area (Å²) in [5.74, 6) is 4.32. The van der Waals surface area contributed by atoms with Crippen LogP contribution in [-0.2, 0) is 19.1 Å². The third-order valence-corrected chi connectivity index (χ3v) is 16.0. The molecule has 14 heteroatoms. The molecule has 0 radical (unpaired) electrons. The lowest BCUT2D eigenvalue weighted by Crippen LogP contribution is -2.51. The summed E-state index contributed by atoms with van der Waals surface area (Å²) in [6.07, 6.45) is 19.5. The monoisotopic (exact) mass is 885 g/mol. The molecule has 4 aromatic heterocycles. The summed E-state index contributed by atoms with van der Waals surface area (Å²) in [5.41, 5.74) is 18.8. The highest BCUT2D eigenvalue weighted by Crippen LogP contribution is 2.52. The number of carbonyl (C=O) groups is 2. The minimum atomic E-state index is -0.119. The summed E-state index contributed by atoms with van der Waals surface area (Å²) < 4.78 is 18.0. The zero-order valence-corrected chi connectivity index (χ0v) is 37.4. The van der Waals surface area contributed by atoms with Crippen molar-refractivity contribution in [3.05, 3.63) is 108 Å². The van der Waals surface area contributed by atoms with Crippen molar-refractivity contribution in [2.24, 2.45) is 17.6 Å². The molecule has 4 saturated heterocycles. The number of nitrogens with zero attached hydrogens (tertiary/aromatic N) is 9. The van der Waals surface area contributed by atoms with Gasteiger partial charge in [-0.15, -0.1) is 4.58 Å². The number of carbonyl (C=O) groups excluding carboxylic acids is 2. The third kappa shape index (κ3) is 6.74. The van der Waals surface area contributed by atoms with E-state index in [1.807, 2.05) is 16.9 Å². The van der Waals surface area contributed by atoms with E-state index in [-0.39, 0.29) is 41.3 Å². The number of nitrogens with two attached hydrogens (primary N) is 1. The highest BCUT2D eigenvalue weighted by Gasteiger charge is 2.54. The first-order valence-electron chi connectivity index (χ1n) is 24.3. The van der Waals surface area contributed by atoms with Gasteiger partial charge < -0.3 is 34.8 Å². The number of benzene rings is 1. The minimum absolute atomic E-state index is 0.0452. The summed E-state index contributed by atoms with van der Waals surface area (Å²) in [6.45, 7) is 8.12. The van der Waals surface area contributed by atoms with E-state index >= 15 is 0 Å². The Kier molecular flexibility index (Phi) is 9.63. The maximum atomic E-state index is 14.6. The number of rotatable bonds is 9. The maximum Gasteiger partial charge on any atom is 0.226 e. The van der Waals surface area contributed by atoms with E-state index in [1.54, 1.807) is 0 Å². The SMILES string of the molecule is NC(c1ccc(-c2cc3c(N4CCN(C(=O)C5CC5c5c(C6=C[N+]7=C=C(C=C6)C76CCOCC6)cc6c(N7CCN(C(=O)C8CC8)CC7)ccnn56)CC4)ccnn3c2)cc1)C1CCCO1. The van der Waals surface area contributed by atoms with Crippen LogP contribution in [0.2, 0.25) is 0 Å². The quantitative estimate of drug-likeness (QED) is 0.193. The summed E-state index contributed by atoms with van der Waals surface area (Å²) in [7, 11) is 0. The number of ether oxygens (including phenoxy) is 2. The molecule has 13 rings (SSSR count). The molecule has 2 bridgehead atoms. The topological polar surface area (TPSA) is 129 Å². The van der Waals surface area contributed by atoms with Crippen molar-refractivity contribution in [3.8, 4) is 11.1 Å². The van der Waals surface area contributed by atoms with Gasteiger partial charge in [-0.3, -0.25) is 9.59 Å². The fraction of sp³-hybridized carbons (Fsp3) is 0.462. The lowest BCUT2D eigenvalue weighted by molar-refractivity contribution is -0.552. The summed E-state index contributed by atoms with van der Waals surface area (Å²) in [5, 5.41) is 9.70. The molecule has 5 aromatic rings. The standard InChI is InChI=1S/C52H57N10O4/c53-48(47-2-1-25-66-47)35-5-3-34(4-6-35)38-28-45-43(11-15-54-61(45)32-38)56-19-23-59(24-20-56)51(64)42-29-41(42)49-40(37-9-10-39-33-60(31-37)52(39)13-26-65-27-14-52)30-46-44(12-16-55-62(46)49)57-17-21-58(22-18-57)50(63)36-7-8-36/h3-6,9-12,15-16,28,30-32,36,41-42,47-48H,1-2,7-8,13-14,17-27,29,53H2/q+1. The molecule has 2 amide bonds. The average molecular weight is 886 g/mol. The number of amides is 2. The second kappa shape index (κ2) is 15.8. The highest BCUT2D eigenvalue weighted by molar-refractivity contribution is 5.89. The Morgan fingerprint density at radius 2 is 1.50 bits per heavy atom. The van der Waals surface area contributed by atoms with Gasteiger partial charge in [-0.25, -0.2) is 9.03 Å². The Morgan fingerprint density at radius 1 is 0.788 bits per heavy atom. The van der Waals surface area contributed by atoms with Gasteiger partial charge >= 0.3 is 0 Å². The van der Waals surface area contributed by atoms with E-state index in [0.29, 0.717) is 19.0 Å². The first-order valence-corrected chi connectivity index (χ1v) is 24.3. The molecular formula is C52H57N10O4+. The van der Waals surface area contributed by atoms with Crippen molar-refractivity contribution in [1.82, 2.24) is 29.0 Å². The van der Waals surface area contributed by atoms with Crippen molar-refractivity contribution < 1.29 is 23.6 Å². The van der Waals surface area contributed by atoms with Crippen LogP contribution in [0.4, 0.5) is 11.4 Å². The molecule has 8 aliphatic rings. The largest absolute Gasteiger partial charge is 0.381 e. The minimum Gasteiger partial charge on any atom is -0.381 e. The Balaban J connectivity index is 0.739. The summed E-state index contributed by atoms with van der Waals surface area (Å²) in [4.78, 5) is 36.4. The lowest BCUT2D eigenvalue weighted by atomic mass is 9.79. The number of allylic oxidation sites excluding steroid dienone is 2. The van der Waals surface area contributed by atoms with Gasteiger partial charge in [0.2, 0.25) is 17.4 Å². The van der Waals surface area contributed by atoms with Crippen LogP contribution in [0.3, 0.4) is 0 Å². The molecule has 66 heavy (non-hydrogen) atoms. The van der Waals surface area contributed by atoms with E-state index in [2.05, 4.69) is 113 Å². The predicted molar refractivity (Wildman–Crippen MR) is 252 cm³/mol. The molecule has 10 heterocycles. The van der Waals surface area contributed by atoms with Gasteiger partial charge in [-0.2, -0.15) is 10.2 Å². The van der Waals surface area contributed by atoms with Crippen LogP contribution < -0.4 is 15.5 Å². The van der Waals surface area contributed by atoms with Crippen LogP contribution in [0.1, 0.15) is 73.7 Å². The molecule has 4 atom stereocenters. The second-order valence-corrected chi connectivity index (χ2v) is 19.7. The molecule has 338 valence electrons. The number of anilines is 2. The molecule has 4 unspecified atom stereocenters. The summed E-state index contributed by atoms with van der Waals surface area (Å²) >= 11 is 0. The van der Waals surface area contributed by atoms with Crippen LogP contribution in [0.25, 0.3) is 27.7 Å². The van der Waals surface area contributed by atoms with E-state index in [1.165, 1.54) is 5.57 Å². The molecule has 2 N–H and O–H groups in total. The average Bonchev–Trinajstić information content (AvgIpc) is 4.25. The fourth-order valence-electron chi connectivity index (χ4n) is 11.8. The Labute approximate surface area is 384 Å². The van der Waals surface area contributed by atoms with Crippen LogP contribution >= 0.6 is 0 Å². The molecule has 6 aliphatic heterocycles. The molecule has 2 aliphatic carbocycles. The van der Waals surface area contributed by atoms with E-state index in [9.17, 15) is 9.59 Å². The second-order valence-electron chi connectivity index (χ2n) is 19.7. The highest BCUT2D eigenvalue weighted by atomic mass is 16.5. The van der Waals surface area contributed by atoms with Gasteiger partial charge in [-0.1, -0.05) is 24.3 Å². The van der Waals surface area contributed by atoms with E-state index in [0.717, 1.165) is 160 Å². The molecular weight excluding hydrogens is 829 g/mol. The first-order chi connectivity index (χ1) is 32.4. The van der Waals surface area contributed by atoms with Crippen molar-refractivity contribution in [3.63, 3.8) is 0 Å². The lowest BCUT2D eigenvalue weighted by Gasteiger charge is -2.36. The number of hydrogen-bond donors (Lipinski definition) is 1. The van der Waals surface area contributed by atoms with Crippen molar-refractivity contribution in [1.29, 1.82) is 0 Å². The zero-order chi connectivity index (χ0) is 44.1. The zero-order valence-electron chi connectivity index (χ0n) is 37.4. The number of fused-ring (bicyclic) bond motifs is 4. The molecule has 1 spiro atoms. The van der Waals surface area contributed by atoms with Gasteiger partial charge in [0.25, 0.3) is 0 Å². The third-order valence-electron chi connectivity index (χ3n) is 16.0. The predicted octanol–water partition coefficient (Wildman–Crippen LogP) is 5.42. The Bertz CT molecular complexity index is 2890. The Morgan fingerprint density at radius 3 is 2.21 bits per heavy atom. The molecule has 14 nitrogen and oxygen atoms in total. The van der Waals surface area contributed by atoms with Crippen LogP contribution in [0.5, 0.6) is 0 Å². The first kappa shape index (κ1) is 40.2. The van der Waals surface area contributed by atoms with Gasteiger partial charge in [0.05, 0.1) is 53.5 Å². The van der Waals surface area contributed by atoms with E-state index in [4.69, 9.17) is 20.3 Å². The van der Waals surface area contributed by atoms with Gasteiger partial charge in [-0.05, 0) is 79.6 Å². The van der Waals surface area contributed by atoms with Crippen LogP contribution in [-0.4, -0.2) is 135 Å². The van der Waals surface area contributed by atoms with Crippen molar-refractivity contribution >= 4 is 45.7 Å². The van der Waals surface area contributed by atoms with Gasteiger partial charge in [0.1, 0.15) is 5.57 Å². The van der Waals surface area contributed by atoms with Crippen molar-refractivity contribution in [2.45, 2.75) is 68.5 Å². The number of aromatic nitrogens is 4. The van der Waals surface area contributed by atoms with Gasteiger partial charge in [0, 0.05) is 125 Å². The number of piperazine rings is 2. The summed E-state index contributed by atoms with van der Waals surface area (Å²) in [6, 6.07) is 17.2. The normalized spacial score (nSPS) is 25.2. The maximum absolute atomic E-state index is 14.6. The van der Waals surface area contributed by atoms with E-state index < -0.39 is 0 Å². The number of hydrogen-bond acceptors (Lipinski definition) is 9. The Hall–Kier alpha value is -6.05. The fourth-order valence-corrected chi connectivity index (χ4v) is 11.8. The van der Waals surface area contributed by atoms with Crippen LogP contribution in [0, 0.1) is 11.8 Å². The molecule has 6 fully saturated rings. The molecule has 1 aromatic carbocycles. The molecule has 2 saturated carbocycles. The smallest absolute Gasteiger partial charge is 0.226 e. The van der Waals surface area contributed by atoms with Gasteiger partial charge in [0.15, 0.2) is 12.1 Å². The van der Waals surface area contributed by atoms with Crippen LogP contribution in [0.15, 0.2) is 91.0 Å².